The maximum Gasteiger partial charge on any atom is 0.115 e. The number of benzene rings is 1. The van der Waals surface area contributed by atoms with E-state index < -0.39 is 0 Å². The molecule has 1 aromatic carbocycles. The van der Waals surface area contributed by atoms with Gasteiger partial charge >= 0.3 is 0 Å². The molecule has 0 saturated carbocycles. The summed E-state index contributed by atoms with van der Waals surface area (Å²) in [6, 6.07) is 11.2. The van der Waals surface area contributed by atoms with Crippen molar-refractivity contribution in [3.8, 4) is 22.8 Å². The first-order valence-corrected chi connectivity index (χ1v) is 9.22. The maximum absolute atomic E-state index is 6.04. The van der Waals surface area contributed by atoms with Gasteiger partial charge in [-0.1, -0.05) is 23.2 Å². The molecule has 2 N–H and O–H groups in total. The van der Waals surface area contributed by atoms with Crippen molar-refractivity contribution in [3.63, 3.8) is 0 Å². The summed E-state index contributed by atoms with van der Waals surface area (Å²) in [7, 11) is 0. The molecule has 0 atom stereocenters. The second kappa shape index (κ2) is 6.19. The van der Waals surface area contributed by atoms with Crippen LogP contribution in [-0.2, 0) is 0 Å². The van der Waals surface area contributed by atoms with Gasteiger partial charge in [-0.2, -0.15) is 0 Å². The molecule has 0 unspecified atom stereocenters. The van der Waals surface area contributed by atoms with Crippen molar-refractivity contribution in [1.29, 1.82) is 0 Å². The third-order valence-corrected chi connectivity index (χ3v) is 5.26. The molecule has 0 fully saturated rings. The summed E-state index contributed by atoms with van der Waals surface area (Å²) >= 11 is 19.2. The lowest BCUT2D eigenvalue weighted by molar-refractivity contribution is 1.23. The molecule has 24 heavy (non-hydrogen) atoms. The molecule has 0 spiro atoms. The Balaban J connectivity index is 2.09. The van der Waals surface area contributed by atoms with E-state index in [0.717, 1.165) is 31.4 Å². The average molecular weight is 487 g/mol. The van der Waals surface area contributed by atoms with Crippen LogP contribution in [0, 0.1) is 0 Å². The first-order valence-electron chi connectivity index (χ1n) is 6.88. The number of fused-ring (bicyclic) bond motifs is 1. The number of nitrogens with one attached hydrogen (secondary N) is 2. The highest BCUT2D eigenvalue weighted by Crippen LogP contribution is 2.35. The summed E-state index contributed by atoms with van der Waals surface area (Å²) in [6.07, 6.45) is 0. The SMILES string of the molecule is Clc1ccc(-c2nc3c(Br)ccc(Br)c3nc2-c2ccc(Cl)[nH]2)[nH]1. The van der Waals surface area contributed by atoms with Crippen LogP contribution in [0.25, 0.3) is 33.8 Å². The number of hydrogen-bond acceptors (Lipinski definition) is 2. The van der Waals surface area contributed by atoms with Crippen LogP contribution in [0.4, 0.5) is 0 Å². The van der Waals surface area contributed by atoms with Crippen LogP contribution in [0.15, 0.2) is 45.3 Å². The van der Waals surface area contributed by atoms with E-state index >= 15 is 0 Å². The average Bonchev–Trinajstić information content (AvgIpc) is 3.18. The van der Waals surface area contributed by atoms with E-state index in [1.165, 1.54) is 0 Å². The van der Waals surface area contributed by atoms with Crippen molar-refractivity contribution in [2.75, 3.05) is 0 Å². The largest absolute Gasteiger partial charge is 0.344 e. The third-order valence-electron chi connectivity index (χ3n) is 3.54. The van der Waals surface area contributed by atoms with Gasteiger partial charge in [-0.15, -0.1) is 0 Å². The number of halogens is 4. The van der Waals surface area contributed by atoms with E-state index in [1.807, 2.05) is 24.3 Å². The van der Waals surface area contributed by atoms with Crippen LogP contribution < -0.4 is 0 Å². The van der Waals surface area contributed by atoms with Gasteiger partial charge in [-0.05, 0) is 68.3 Å². The van der Waals surface area contributed by atoms with Crippen LogP contribution in [0.1, 0.15) is 0 Å². The Morgan fingerprint density at radius 3 is 1.42 bits per heavy atom. The molecule has 0 aliphatic heterocycles. The van der Waals surface area contributed by atoms with Crippen LogP contribution in [-0.4, -0.2) is 19.9 Å². The van der Waals surface area contributed by atoms with E-state index in [4.69, 9.17) is 33.2 Å². The normalized spacial score (nSPS) is 11.3. The molecular weight excluding hydrogens is 479 g/mol. The Kier molecular flexibility index (Phi) is 4.16. The minimum Gasteiger partial charge on any atom is -0.344 e. The highest BCUT2D eigenvalue weighted by molar-refractivity contribution is 9.11. The molecule has 120 valence electrons. The second-order valence-corrected chi connectivity index (χ2v) is 7.61. The minimum absolute atomic E-state index is 0.538. The Morgan fingerprint density at radius 2 is 1.08 bits per heavy atom. The van der Waals surface area contributed by atoms with Gasteiger partial charge in [0.2, 0.25) is 0 Å². The number of nitrogens with zero attached hydrogens (tertiary/aromatic N) is 2. The molecule has 0 amide bonds. The predicted molar refractivity (Wildman–Crippen MR) is 105 cm³/mol. The highest BCUT2D eigenvalue weighted by atomic mass is 79.9. The molecule has 3 aromatic heterocycles. The van der Waals surface area contributed by atoms with Gasteiger partial charge in [0.05, 0.1) is 11.4 Å². The molecule has 0 aliphatic rings. The lowest BCUT2D eigenvalue weighted by Crippen LogP contribution is -1.97. The zero-order valence-electron chi connectivity index (χ0n) is 11.9. The first kappa shape index (κ1) is 16.1. The molecule has 4 aromatic rings. The predicted octanol–water partition coefficient (Wildman–Crippen LogP) is 6.45. The van der Waals surface area contributed by atoms with Crippen molar-refractivity contribution >= 4 is 66.1 Å². The summed E-state index contributed by atoms with van der Waals surface area (Å²) in [5.74, 6) is 0. The number of aromatic nitrogens is 4. The van der Waals surface area contributed by atoms with Gasteiger partial charge in [0.25, 0.3) is 0 Å². The first-order chi connectivity index (χ1) is 11.5. The molecule has 0 aliphatic carbocycles. The molecule has 0 bridgehead atoms. The summed E-state index contributed by atoms with van der Waals surface area (Å²) in [5, 5.41) is 1.08. The summed E-state index contributed by atoms with van der Waals surface area (Å²) in [5.41, 5.74) is 4.44. The molecule has 0 saturated heterocycles. The lowest BCUT2D eigenvalue weighted by atomic mass is 10.1. The fourth-order valence-corrected chi connectivity index (χ4v) is 3.61. The van der Waals surface area contributed by atoms with E-state index in [9.17, 15) is 0 Å². The van der Waals surface area contributed by atoms with Gasteiger partial charge in [-0.3, -0.25) is 0 Å². The second-order valence-electron chi connectivity index (χ2n) is 5.09. The number of aromatic amines is 2. The molecule has 8 heteroatoms. The molecule has 3 heterocycles. The topological polar surface area (TPSA) is 57.4 Å². The third kappa shape index (κ3) is 2.77. The molecular formula is C16H8Br2Cl2N4. The Hall–Kier alpha value is -1.34. The van der Waals surface area contributed by atoms with Crippen LogP contribution in [0.2, 0.25) is 10.3 Å². The van der Waals surface area contributed by atoms with E-state index in [0.29, 0.717) is 21.7 Å². The van der Waals surface area contributed by atoms with Crippen molar-refractivity contribution in [2.45, 2.75) is 0 Å². The van der Waals surface area contributed by atoms with E-state index in [1.54, 1.807) is 12.1 Å². The van der Waals surface area contributed by atoms with Crippen molar-refractivity contribution in [1.82, 2.24) is 19.9 Å². The highest BCUT2D eigenvalue weighted by Gasteiger charge is 2.18. The summed E-state index contributed by atoms with van der Waals surface area (Å²) in [4.78, 5) is 15.8. The number of H-pyrrole nitrogens is 2. The van der Waals surface area contributed by atoms with E-state index in [2.05, 4.69) is 41.8 Å². The zero-order valence-corrected chi connectivity index (χ0v) is 16.6. The standard InChI is InChI=1S/C16H8Br2Cl2N4/c17-7-1-2-8(18)14-13(7)23-15(9-3-5-11(19)21-9)16(24-14)10-4-6-12(20)22-10/h1-6,21-22H. The zero-order chi connectivity index (χ0) is 16.8. The van der Waals surface area contributed by atoms with Gasteiger partial charge in [0, 0.05) is 8.95 Å². The monoisotopic (exact) mass is 484 g/mol. The van der Waals surface area contributed by atoms with Gasteiger partial charge < -0.3 is 9.97 Å². The molecule has 0 radical (unpaired) electrons. The smallest absolute Gasteiger partial charge is 0.115 e. The minimum atomic E-state index is 0.538. The maximum atomic E-state index is 6.04. The molecule has 4 nitrogen and oxygen atoms in total. The van der Waals surface area contributed by atoms with Crippen LogP contribution >= 0.6 is 55.1 Å². The van der Waals surface area contributed by atoms with Gasteiger partial charge in [0.1, 0.15) is 32.7 Å². The molecule has 4 rings (SSSR count). The summed E-state index contributed by atoms with van der Waals surface area (Å²) in [6.45, 7) is 0. The Bertz CT molecular complexity index is 987. The van der Waals surface area contributed by atoms with Gasteiger partial charge in [-0.25, -0.2) is 9.97 Å². The van der Waals surface area contributed by atoms with E-state index in [-0.39, 0.29) is 0 Å². The quantitative estimate of drug-likeness (QED) is 0.342. The van der Waals surface area contributed by atoms with Crippen molar-refractivity contribution in [2.24, 2.45) is 0 Å². The van der Waals surface area contributed by atoms with Crippen LogP contribution in [0.5, 0.6) is 0 Å². The Labute approximate surface area is 163 Å². The van der Waals surface area contributed by atoms with Crippen LogP contribution in [0.3, 0.4) is 0 Å². The van der Waals surface area contributed by atoms with Gasteiger partial charge in [0.15, 0.2) is 0 Å². The number of rotatable bonds is 2. The van der Waals surface area contributed by atoms with Crippen molar-refractivity contribution < 1.29 is 0 Å². The summed E-state index contributed by atoms with van der Waals surface area (Å²) < 4.78 is 1.73. The van der Waals surface area contributed by atoms with Crippen molar-refractivity contribution in [3.05, 3.63) is 55.6 Å². The Morgan fingerprint density at radius 1 is 0.667 bits per heavy atom. The number of hydrogen-bond donors (Lipinski definition) is 2. The lowest BCUT2D eigenvalue weighted by Gasteiger charge is -2.10. The fraction of sp³-hybridized carbons (Fsp3) is 0. The fourth-order valence-electron chi connectivity index (χ4n) is 2.46.